The van der Waals surface area contributed by atoms with E-state index in [0.717, 1.165) is 11.9 Å². The molecule has 0 aliphatic heterocycles. The summed E-state index contributed by atoms with van der Waals surface area (Å²) in [6.45, 7) is -0.196. The number of aromatic nitrogens is 4. The average molecular weight is 358 g/mol. The van der Waals surface area contributed by atoms with Crippen molar-refractivity contribution in [1.29, 1.82) is 0 Å². The fourth-order valence-corrected chi connectivity index (χ4v) is 3.11. The summed E-state index contributed by atoms with van der Waals surface area (Å²) in [6.07, 6.45) is 1.04. The van der Waals surface area contributed by atoms with Crippen molar-refractivity contribution in [2.45, 2.75) is 11.5 Å². The van der Waals surface area contributed by atoms with Gasteiger partial charge in [-0.1, -0.05) is 30.3 Å². The third kappa shape index (κ3) is 3.72. The lowest BCUT2D eigenvalue weighted by molar-refractivity contribution is 0.0455. The average Bonchev–Trinajstić information content (AvgIpc) is 3.08. The summed E-state index contributed by atoms with van der Waals surface area (Å²) < 4.78 is 30.2. The predicted octanol–water partition coefficient (Wildman–Crippen LogP) is 1.42. The first-order valence-corrected chi connectivity index (χ1v) is 9.15. The van der Waals surface area contributed by atoms with Crippen LogP contribution in [0.5, 0.6) is 0 Å². The SMILES string of the molecule is CS(=O)(=O)c1ccccc1C(=O)OCc1nnnn1-c1ccccc1. The standard InChI is InChI=1S/C16H14N4O4S/c1-25(22,23)14-10-6-5-9-13(14)16(21)24-11-15-17-18-19-20(15)12-7-3-2-4-8-12/h2-10H,11H2,1H3. The number of tetrazole rings is 1. The minimum absolute atomic E-state index is 0.0243. The summed E-state index contributed by atoms with van der Waals surface area (Å²) in [5.74, 6) is -0.444. The second kappa shape index (κ2) is 6.81. The van der Waals surface area contributed by atoms with Crippen LogP contribution in [0.15, 0.2) is 59.5 Å². The molecular weight excluding hydrogens is 344 g/mol. The van der Waals surface area contributed by atoms with E-state index in [4.69, 9.17) is 4.74 Å². The van der Waals surface area contributed by atoms with Crippen LogP contribution >= 0.6 is 0 Å². The maximum Gasteiger partial charge on any atom is 0.339 e. The number of esters is 1. The molecule has 0 aliphatic carbocycles. The van der Waals surface area contributed by atoms with Crippen LogP contribution in [0.4, 0.5) is 0 Å². The van der Waals surface area contributed by atoms with Gasteiger partial charge in [0, 0.05) is 6.26 Å². The van der Waals surface area contributed by atoms with Gasteiger partial charge >= 0.3 is 5.97 Å². The van der Waals surface area contributed by atoms with Crippen molar-refractivity contribution < 1.29 is 17.9 Å². The number of nitrogens with zero attached hydrogens (tertiary/aromatic N) is 4. The molecule has 0 aliphatic rings. The Kier molecular flexibility index (Phi) is 4.57. The molecule has 0 saturated carbocycles. The number of hydrogen-bond acceptors (Lipinski definition) is 7. The maximum atomic E-state index is 12.3. The molecule has 2 aromatic carbocycles. The van der Waals surface area contributed by atoms with Crippen molar-refractivity contribution >= 4 is 15.8 Å². The van der Waals surface area contributed by atoms with Crippen LogP contribution in [0, 0.1) is 0 Å². The highest BCUT2D eigenvalue weighted by Gasteiger charge is 2.20. The Morgan fingerprint density at radius 1 is 1.08 bits per heavy atom. The number of sulfone groups is 1. The monoisotopic (exact) mass is 358 g/mol. The van der Waals surface area contributed by atoms with E-state index < -0.39 is 15.8 Å². The molecule has 0 N–H and O–H groups in total. The zero-order valence-electron chi connectivity index (χ0n) is 13.2. The molecule has 3 aromatic rings. The molecule has 0 saturated heterocycles. The van der Waals surface area contributed by atoms with Crippen molar-refractivity contribution in [3.63, 3.8) is 0 Å². The highest BCUT2D eigenvalue weighted by atomic mass is 32.2. The second-order valence-electron chi connectivity index (χ2n) is 5.19. The summed E-state index contributed by atoms with van der Waals surface area (Å²) in [4.78, 5) is 12.2. The zero-order chi connectivity index (χ0) is 17.9. The van der Waals surface area contributed by atoms with Crippen molar-refractivity contribution in [2.75, 3.05) is 6.26 Å². The van der Waals surface area contributed by atoms with Gasteiger partial charge in [0.25, 0.3) is 0 Å². The van der Waals surface area contributed by atoms with Gasteiger partial charge in [-0.15, -0.1) is 5.10 Å². The number of hydrogen-bond donors (Lipinski definition) is 0. The van der Waals surface area contributed by atoms with Crippen LogP contribution in [-0.4, -0.2) is 40.9 Å². The summed E-state index contributed by atoms with van der Waals surface area (Å²) in [5, 5.41) is 11.3. The molecule has 0 atom stereocenters. The molecule has 0 radical (unpaired) electrons. The van der Waals surface area contributed by atoms with Crippen LogP contribution < -0.4 is 0 Å². The van der Waals surface area contributed by atoms with Crippen LogP contribution in [0.2, 0.25) is 0 Å². The number of carbonyl (C=O) groups is 1. The first kappa shape index (κ1) is 16.8. The summed E-state index contributed by atoms with van der Waals surface area (Å²) in [7, 11) is -3.55. The number of para-hydroxylation sites is 1. The fraction of sp³-hybridized carbons (Fsp3) is 0.125. The smallest absolute Gasteiger partial charge is 0.339 e. The third-order valence-corrected chi connectivity index (χ3v) is 4.53. The van der Waals surface area contributed by atoms with E-state index in [2.05, 4.69) is 15.5 Å². The number of ether oxygens (including phenoxy) is 1. The second-order valence-corrected chi connectivity index (χ2v) is 7.17. The highest BCUT2D eigenvalue weighted by Crippen LogP contribution is 2.17. The molecule has 128 valence electrons. The Bertz CT molecular complexity index is 1000. The Hall–Kier alpha value is -3.07. The number of benzene rings is 2. The highest BCUT2D eigenvalue weighted by molar-refractivity contribution is 7.90. The Balaban J connectivity index is 1.80. The van der Waals surface area contributed by atoms with E-state index in [1.165, 1.54) is 16.8 Å². The van der Waals surface area contributed by atoms with Crippen molar-refractivity contribution in [3.05, 3.63) is 66.0 Å². The van der Waals surface area contributed by atoms with Gasteiger partial charge in [-0.05, 0) is 34.7 Å². The molecule has 1 aromatic heterocycles. The molecule has 3 rings (SSSR count). The van der Waals surface area contributed by atoms with Gasteiger partial charge in [0.05, 0.1) is 16.1 Å². The lowest BCUT2D eigenvalue weighted by atomic mass is 10.2. The predicted molar refractivity (Wildman–Crippen MR) is 87.8 cm³/mol. The number of rotatable bonds is 5. The molecule has 9 heteroatoms. The Morgan fingerprint density at radius 3 is 2.48 bits per heavy atom. The van der Waals surface area contributed by atoms with Gasteiger partial charge in [-0.2, -0.15) is 4.68 Å². The zero-order valence-corrected chi connectivity index (χ0v) is 14.0. The Labute approximate surface area is 144 Å². The first-order valence-electron chi connectivity index (χ1n) is 7.26. The van der Waals surface area contributed by atoms with Crippen LogP contribution in [0.1, 0.15) is 16.2 Å². The molecule has 0 bridgehead atoms. The molecule has 0 amide bonds. The molecule has 8 nitrogen and oxygen atoms in total. The van der Waals surface area contributed by atoms with Crippen molar-refractivity contribution in [3.8, 4) is 5.69 Å². The van der Waals surface area contributed by atoms with Crippen LogP contribution in [0.25, 0.3) is 5.69 Å². The molecule has 0 unspecified atom stereocenters. The van der Waals surface area contributed by atoms with Crippen LogP contribution in [0.3, 0.4) is 0 Å². The van der Waals surface area contributed by atoms with Gasteiger partial charge in [0.1, 0.15) is 0 Å². The summed E-state index contributed by atoms with van der Waals surface area (Å²) in [6, 6.07) is 15.0. The molecule has 0 spiro atoms. The molecule has 1 heterocycles. The third-order valence-electron chi connectivity index (χ3n) is 3.37. The summed E-state index contributed by atoms with van der Waals surface area (Å²) in [5.41, 5.74) is 0.693. The van der Waals surface area contributed by atoms with E-state index in [9.17, 15) is 13.2 Å². The lowest BCUT2D eigenvalue weighted by Crippen LogP contribution is -2.13. The Morgan fingerprint density at radius 2 is 1.76 bits per heavy atom. The fourth-order valence-electron chi connectivity index (χ4n) is 2.23. The molecular formula is C16H14N4O4S. The van der Waals surface area contributed by atoms with Crippen molar-refractivity contribution in [2.24, 2.45) is 0 Å². The largest absolute Gasteiger partial charge is 0.454 e. The van der Waals surface area contributed by atoms with Gasteiger partial charge in [-0.25, -0.2) is 13.2 Å². The molecule has 0 fully saturated rings. The first-order chi connectivity index (χ1) is 12.0. The summed E-state index contributed by atoms with van der Waals surface area (Å²) >= 11 is 0. The van der Waals surface area contributed by atoms with E-state index >= 15 is 0 Å². The van der Waals surface area contributed by atoms with E-state index in [1.54, 1.807) is 24.3 Å². The van der Waals surface area contributed by atoms with E-state index in [-0.39, 0.29) is 17.1 Å². The van der Waals surface area contributed by atoms with Crippen molar-refractivity contribution in [1.82, 2.24) is 20.2 Å². The normalized spacial score (nSPS) is 11.2. The quantitative estimate of drug-likeness (QED) is 0.635. The minimum atomic E-state index is -3.55. The minimum Gasteiger partial charge on any atom is -0.454 e. The topological polar surface area (TPSA) is 104 Å². The van der Waals surface area contributed by atoms with Crippen LogP contribution in [-0.2, 0) is 21.2 Å². The van der Waals surface area contributed by atoms with E-state index in [1.807, 2.05) is 18.2 Å². The van der Waals surface area contributed by atoms with E-state index in [0.29, 0.717) is 5.82 Å². The van der Waals surface area contributed by atoms with Gasteiger partial charge in [0.2, 0.25) is 0 Å². The lowest BCUT2D eigenvalue weighted by Gasteiger charge is -2.08. The van der Waals surface area contributed by atoms with Gasteiger partial charge < -0.3 is 4.74 Å². The van der Waals surface area contributed by atoms with Gasteiger partial charge in [-0.3, -0.25) is 0 Å². The molecule has 25 heavy (non-hydrogen) atoms. The maximum absolute atomic E-state index is 12.3. The number of carbonyl (C=O) groups excluding carboxylic acids is 1. The van der Waals surface area contributed by atoms with Gasteiger partial charge in [0.15, 0.2) is 22.3 Å².